The Hall–Kier alpha value is -3.03. The average molecular weight is 355 g/mol. The molecule has 5 aromatic rings. The number of benzene rings is 4. The molecule has 1 nitrogen and oxygen atoms in total. The van der Waals surface area contributed by atoms with E-state index in [0.717, 1.165) is 32.5 Å². The van der Waals surface area contributed by atoms with Gasteiger partial charge in [-0.1, -0.05) is 78.3 Å². The van der Waals surface area contributed by atoms with E-state index in [4.69, 9.17) is 16.0 Å². The van der Waals surface area contributed by atoms with Crippen LogP contribution >= 0.6 is 11.6 Å². The number of hydrogen-bond acceptors (Lipinski definition) is 1. The molecule has 0 saturated carbocycles. The van der Waals surface area contributed by atoms with E-state index in [9.17, 15) is 0 Å². The molecule has 0 fully saturated rings. The Labute approximate surface area is 156 Å². The largest absolute Gasteiger partial charge is 0.456 e. The standard InChI is InChI=1S/C24H15ClO/c25-21-7-4-8-23-24(21)20-15-19(13-14-22(20)26-23)18-11-9-17(10-12-18)16-5-2-1-3-6-16/h1-15H. The molecule has 2 heteroatoms. The van der Waals surface area contributed by atoms with Gasteiger partial charge >= 0.3 is 0 Å². The third-order valence-corrected chi connectivity index (χ3v) is 5.08. The molecule has 0 aliphatic heterocycles. The summed E-state index contributed by atoms with van der Waals surface area (Å²) < 4.78 is 5.92. The first-order valence-corrected chi connectivity index (χ1v) is 8.94. The molecule has 0 amide bonds. The minimum atomic E-state index is 0.720. The fraction of sp³-hybridized carbons (Fsp3) is 0. The van der Waals surface area contributed by atoms with Crippen LogP contribution < -0.4 is 0 Å². The van der Waals surface area contributed by atoms with E-state index in [-0.39, 0.29) is 0 Å². The molecule has 0 radical (unpaired) electrons. The van der Waals surface area contributed by atoms with Gasteiger partial charge in [-0.05, 0) is 46.5 Å². The Kier molecular flexibility index (Phi) is 3.55. The van der Waals surface area contributed by atoms with Gasteiger partial charge in [-0.2, -0.15) is 0 Å². The molecule has 0 aliphatic rings. The predicted molar refractivity (Wildman–Crippen MR) is 110 cm³/mol. The van der Waals surface area contributed by atoms with E-state index >= 15 is 0 Å². The van der Waals surface area contributed by atoms with Gasteiger partial charge in [-0.15, -0.1) is 0 Å². The molecule has 0 spiro atoms. The lowest BCUT2D eigenvalue weighted by molar-refractivity contribution is 0.669. The topological polar surface area (TPSA) is 13.1 Å². The van der Waals surface area contributed by atoms with Gasteiger partial charge < -0.3 is 4.42 Å². The van der Waals surface area contributed by atoms with Gasteiger partial charge in [0, 0.05) is 10.8 Å². The summed E-state index contributed by atoms with van der Waals surface area (Å²) in [6.07, 6.45) is 0. The van der Waals surface area contributed by atoms with E-state index in [1.54, 1.807) is 0 Å². The highest BCUT2D eigenvalue weighted by atomic mass is 35.5. The first-order chi connectivity index (χ1) is 12.8. The highest BCUT2D eigenvalue weighted by Gasteiger charge is 2.11. The summed E-state index contributed by atoms with van der Waals surface area (Å²) in [4.78, 5) is 0. The van der Waals surface area contributed by atoms with Gasteiger partial charge in [0.1, 0.15) is 11.2 Å². The van der Waals surface area contributed by atoms with E-state index in [1.165, 1.54) is 16.7 Å². The molecule has 0 bridgehead atoms. The summed E-state index contributed by atoms with van der Waals surface area (Å²) in [6.45, 7) is 0. The maximum atomic E-state index is 6.40. The van der Waals surface area contributed by atoms with Crippen LogP contribution in [0, 0.1) is 0 Å². The predicted octanol–water partition coefficient (Wildman–Crippen LogP) is 7.57. The summed E-state index contributed by atoms with van der Waals surface area (Å²) in [5.74, 6) is 0. The van der Waals surface area contributed by atoms with Crippen molar-refractivity contribution in [3.8, 4) is 22.3 Å². The second-order valence-corrected chi connectivity index (χ2v) is 6.78. The van der Waals surface area contributed by atoms with Crippen molar-refractivity contribution in [1.82, 2.24) is 0 Å². The zero-order valence-corrected chi connectivity index (χ0v) is 14.7. The van der Waals surface area contributed by atoms with Crippen LogP contribution in [0.2, 0.25) is 5.02 Å². The van der Waals surface area contributed by atoms with Gasteiger partial charge in [-0.3, -0.25) is 0 Å². The summed E-state index contributed by atoms with van der Waals surface area (Å²) in [6, 6.07) is 31.1. The van der Waals surface area contributed by atoms with Crippen LogP contribution in [0.3, 0.4) is 0 Å². The van der Waals surface area contributed by atoms with Crippen molar-refractivity contribution in [2.75, 3.05) is 0 Å². The first kappa shape index (κ1) is 15.2. The minimum absolute atomic E-state index is 0.720. The molecule has 1 aromatic heterocycles. The summed E-state index contributed by atoms with van der Waals surface area (Å²) in [5.41, 5.74) is 6.45. The quantitative estimate of drug-likeness (QED) is 0.318. The van der Waals surface area contributed by atoms with E-state index in [2.05, 4.69) is 60.7 Å². The highest BCUT2D eigenvalue weighted by Crippen LogP contribution is 2.36. The van der Waals surface area contributed by atoms with Crippen molar-refractivity contribution < 1.29 is 4.42 Å². The monoisotopic (exact) mass is 354 g/mol. The number of halogens is 1. The van der Waals surface area contributed by atoms with Crippen LogP contribution in [0.5, 0.6) is 0 Å². The highest BCUT2D eigenvalue weighted by molar-refractivity contribution is 6.37. The molecule has 0 aliphatic carbocycles. The number of rotatable bonds is 2. The average Bonchev–Trinajstić information content (AvgIpc) is 3.08. The van der Waals surface area contributed by atoms with Gasteiger partial charge in [0.05, 0.1) is 5.02 Å². The van der Waals surface area contributed by atoms with E-state index < -0.39 is 0 Å². The van der Waals surface area contributed by atoms with Crippen LogP contribution in [-0.4, -0.2) is 0 Å². The van der Waals surface area contributed by atoms with Crippen molar-refractivity contribution in [3.05, 3.63) is 96.0 Å². The fourth-order valence-corrected chi connectivity index (χ4v) is 3.72. The van der Waals surface area contributed by atoms with Crippen LogP contribution in [0.15, 0.2) is 95.4 Å². The zero-order chi connectivity index (χ0) is 17.5. The molecule has 1 heterocycles. The zero-order valence-electron chi connectivity index (χ0n) is 13.9. The first-order valence-electron chi connectivity index (χ1n) is 8.56. The van der Waals surface area contributed by atoms with Gasteiger partial charge in [-0.25, -0.2) is 0 Å². The third-order valence-electron chi connectivity index (χ3n) is 4.77. The number of furan rings is 1. The molecular weight excluding hydrogens is 340 g/mol. The summed E-state index contributed by atoms with van der Waals surface area (Å²) >= 11 is 6.40. The van der Waals surface area contributed by atoms with Crippen LogP contribution in [0.1, 0.15) is 0 Å². The maximum Gasteiger partial charge on any atom is 0.136 e. The van der Waals surface area contributed by atoms with Crippen molar-refractivity contribution in [3.63, 3.8) is 0 Å². The molecule has 0 N–H and O–H groups in total. The molecule has 0 unspecified atom stereocenters. The third kappa shape index (κ3) is 2.49. The number of fused-ring (bicyclic) bond motifs is 3. The van der Waals surface area contributed by atoms with Crippen molar-refractivity contribution in [1.29, 1.82) is 0 Å². The Morgan fingerprint density at radius 2 is 1.19 bits per heavy atom. The Balaban J connectivity index is 1.61. The smallest absolute Gasteiger partial charge is 0.136 e. The van der Waals surface area contributed by atoms with Gasteiger partial charge in [0.15, 0.2) is 0 Å². The molecular formula is C24H15ClO. The second kappa shape index (κ2) is 6.05. The van der Waals surface area contributed by atoms with Crippen molar-refractivity contribution >= 4 is 33.5 Å². The molecule has 4 aromatic carbocycles. The van der Waals surface area contributed by atoms with Gasteiger partial charge in [0.2, 0.25) is 0 Å². The molecule has 0 saturated heterocycles. The second-order valence-electron chi connectivity index (χ2n) is 6.37. The van der Waals surface area contributed by atoms with Crippen LogP contribution in [-0.2, 0) is 0 Å². The SMILES string of the molecule is Clc1cccc2oc3ccc(-c4ccc(-c5ccccc5)cc4)cc3c12. The minimum Gasteiger partial charge on any atom is -0.456 e. The summed E-state index contributed by atoms with van der Waals surface area (Å²) in [5, 5.41) is 2.75. The van der Waals surface area contributed by atoms with E-state index in [1.807, 2.05) is 30.3 Å². The Morgan fingerprint density at radius 1 is 0.538 bits per heavy atom. The lowest BCUT2D eigenvalue weighted by atomic mass is 9.99. The fourth-order valence-electron chi connectivity index (χ4n) is 3.45. The van der Waals surface area contributed by atoms with Gasteiger partial charge in [0.25, 0.3) is 0 Å². The molecule has 0 atom stereocenters. The van der Waals surface area contributed by atoms with E-state index in [0.29, 0.717) is 0 Å². The van der Waals surface area contributed by atoms with Crippen molar-refractivity contribution in [2.45, 2.75) is 0 Å². The maximum absolute atomic E-state index is 6.40. The molecule has 5 rings (SSSR count). The molecule has 26 heavy (non-hydrogen) atoms. The Morgan fingerprint density at radius 3 is 1.96 bits per heavy atom. The van der Waals surface area contributed by atoms with Crippen LogP contribution in [0.25, 0.3) is 44.2 Å². The lowest BCUT2D eigenvalue weighted by Crippen LogP contribution is -1.80. The van der Waals surface area contributed by atoms with Crippen molar-refractivity contribution in [2.24, 2.45) is 0 Å². The Bertz CT molecular complexity index is 1220. The lowest BCUT2D eigenvalue weighted by Gasteiger charge is -2.05. The molecule has 124 valence electrons. The van der Waals surface area contributed by atoms with Crippen LogP contribution in [0.4, 0.5) is 0 Å². The number of hydrogen-bond donors (Lipinski definition) is 0. The summed E-state index contributed by atoms with van der Waals surface area (Å²) in [7, 11) is 0. The normalized spacial score (nSPS) is 11.3.